The van der Waals surface area contributed by atoms with Crippen LogP contribution in [-0.4, -0.2) is 18.4 Å². The third-order valence-electron chi connectivity index (χ3n) is 3.70. The highest BCUT2D eigenvalue weighted by atomic mass is 16.3. The first-order valence-electron chi connectivity index (χ1n) is 7.95. The van der Waals surface area contributed by atoms with Crippen molar-refractivity contribution in [3.63, 3.8) is 0 Å². The van der Waals surface area contributed by atoms with E-state index in [1.54, 1.807) is 24.5 Å². The second-order valence-corrected chi connectivity index (χ2v) is 5.48. The van der Waals surface area contributed by atoms with Gasteiger partial charge in [-0.2, -0.15) is 0 Å². The van der Waals surface area contributed by atoms with Crippen LogP contribution in [0.1, 0.15) is 11.3 Å². The molecular formula is C20H18N2O3. The molecule has 0 saturated heterocycles. The van der Waals surface area contributed by atoms with Crippen LogP contribution < -0.4 is 10.6 Å². The summed E-state index contributed by atoms with van der Waals surface area (Å²) in [4.78, 5) is 23.6. The van der Waals surface area contributed by atoms with Gasteiger partial charge in [-0.1, -0.05) is 42.5 Å². The molecule has 0 atom stereocenters. The standard InChI is InChI=1S/C20H18N2O3/c23-19(22-14-20(24)21-13-17-8-4-12-25-17)11-10-16-7-3-6-15-5-1-2-9-18(15)16/h1-12H,13-14H2,(H,21,24)(H,22,23)/b11-10+. The topological polar surface area (TPSA) is 71.3 Å². The van der Waals surface area contributed by atoms with E-state index in [-0.39, 0.29) is 18.4 Å². The van der Waals surface area contributed by atoms with Crippen LogP contribution in [0.25, 0.3) is 16.8 Å². The first kappa shape index (κ1) is 16.5. The van der Waals surface area contributed by atoms with E-state index in [2.05, 4.69) is 10.6 Å². The molecule has 0 aliphatic heterocycles. The van der Waals surface area contributed by atoms with Gasteiger partial charge in [-0.15, -0.1) is 0 Å². The quantitative estimate of drug-likeness (QED) is 0.681. The first-order valence-corrected chi connectivity index (χ1v) is 7.95. The van der Waals surface area contributed by atoms with Crippen molar-refractivity contribution >= 4 is 28.7 Å². The molecule has 0 aliphatic carbocycles. The number of hydrogen-bond donors (Lipinski definition) is 2. The van der Waals surface area contributed by atoms with E-state index in [1.807, 2.05) is 42.5 Å². The lowest BCUT2D eigenvalue weighted by Gasteiger charge is -2.04. The Kier molecular flexibility index (Phi) is 5.26. The van der Waals surface area contributed by atoms with Crippen LogP contribution >= 0.6 is 0 Å². The van der Waals surface area contributed by atoms with Crippen molar-refractivity contribution in [2.24, 2.45) is 0 Å². The summed E-state index contributed by atoms with van der Waals surface area (Å²) in [5.74, 6) is 0.0694. The first-order chi connectivity index (χ1) is 12.2. The summed E-state index contributed by atoms with van der Waals surface area (Å²) in [6, 6.07) is 17.4. The molecule has 5 heteroatoms. The highest BCUT2D eigenvalue weighted by Gasteiger charge is 2.04. The molecular weight excluding hydrogens is 316 g/mol. The zero-order chi connectivity index (χ0) is 17.5. The molecule has 0 saturated carbocycles. The maximum Gasteiger partial charge on any atom is 0.244 e. The number of carbonyl (C=O) groups is 2. The Bertz CT molecular complexity index is 893. The van der Waals surface area contributed by atoms with E-state index in [4.69, 9.17) is 4.42 Å². The molecule has 2 aromatic carbocycles. The lowest BCUT2D eigenvalue weighted by atomic mass is 10.0. The summed E-state index contributed by atoms with van der Waals surface area (Å²) in [6.07, 6.45) is 4.72. The number of amides is 2. The van der Waals surface area contributed by atoms with Crippen LogP contribution in [0, 0.1) is 0 Å². The highest BCUT2D eigenvalue weighted by Crippen LogP contribution is 2.19. The molecule has 3 aromatic rings. The van der Waals surface area contributed by atoms with Gasteiger partial charge in [0.05, 0.1) is 19.4 Å². The van der Waals surface area contributed by atoms with Gasteiger partial charge in [0, 0.05) is 6.08 Å². The van der Waals surface area contributed by atoms with Gasteiger partial charge in [0.15, 0.2) is 0 Å². The van der Waals surface area contributed by atoms with Crippen LogP contribution in [0.2, 0.25) is 0 Å². The van der Waals surface area contributed by atoms with E-state index in [1.165, 1.54) is 6.08 Å². The fourth-order valence-electron chi connectivity index (χ4n) is 2.45. The summed E-state index contributed by atoms with van der Waals surface area (Å²) in [5.41, 5.74) is 0.954. The van der Waals surface area contributed by atoms with Crippen LogP contribution in [-0.2, 0) is 16.1 Å². The smallest absolute Gasteiger partial charge is 0.244 e. The monoisotopic (exact) mass is 334 g/mol. The van der Waals surface area contributed by atoms with Crippen molar-refractivity contribution in [1.29, 1.82) is 0 Å². The molecule has 3 rings (SSSR count). The normalized spacial score (nSPS) is 10.9. The van der Waals surface area contributed by atoms with Gasteiger partial charge in [0.1, 0.15) is 5.76 Å². The Hall–Kier alpha value is -3.34. The maximum atomic E-state index is 11.9. The Morgan fingerprint density at radius 1 is 0.960 bits per heavy atom. The minimum Gasteiger partial charge on any atom is -0.467 e. The zero-order valence-corrected chi connectivity index (χ0v) is 13.6. The predicted octanol–water partition coefficient (Wildman–Crippen LogP) is 2.88. The van der Waals surface area contributed by atoms with Crippen LogP contribution in [0.5, 0.6) is 0 Å². The number of carbonyl (C=O) groups excluding carboxylic acids is 2. The third-order valence-corrected chi connectivity index (χ3v) is 3.70. The van der Waals surface area contributed by atoms with Crippen molar-refractivity contribution in [3.05, 3.63) is 78.3 Å². The SMILES string of the molecule is O=C(/C=C/c1cccc2ccccc12)NCC(=O)NCc1ccco1. The predicted molar refractivity (Wildman–Crippen MR) is 96.5 cm³/mol. The molecule has 0 spiro atoms. The number of rotatable bonds is 6. The van der Waals surface area contributed by atoms with Gasteiger partial charge in [0.2, 0.25) is 11.8 Å². The summed E-state index contributed by atoms with van der Waals surface area (Å²) in [5, 5.41) is 7.42. The number of benzene rings is 2. The Morgan fingerprint density at radius 3 is 2.64 bits per heavy atom. The molecule has 0 fully saturated rings. The Labute approximate surface area is 145 Å². The van der Waals surface area contributed by atoms with Crippen LogP contribution in [0.3, 0.4) is 0 Å². The summed E-state index contributed by atoms with van der Waals surface area (Å²) in [6.45, 7) is 0.215. The maximum absolute atomic E-state index is 11.9. The van der Waals surface area contributed by atoms with Crippen molar-refractivity contribution < 1.29 is 14.0 Å². The Morgan fingerprint density at radius 2 is 1.80 bits per heavy atom. The molecule has 2 amide bonds. The van der Waals surface area contributed by atoms with Crippen LogP contribution in [0.4, 0.5) is 0 Å². The summed E-state index contributed by atoms with van der Waals surface area (Å²) >= 11 is 0. The molecule has 1 heterocycles. The van der Waals surface area contributed by atoms with Gasteiger partial charge < -0.3 is 15.1 Å². The fourth-order valence-corrected chi connectivity index (χ4v) is 2.45. The highest BCUT2D eigenvalue weighted by molar-refractivity contribution is 5.97. The average molecular weight is 334 g/mol. The summed E-state index contributed by atoms with van der Waals surface area (Å²) < 4.78 is 5.12. The molecule has 0 radical (unpaired) electrons. The Balaban J connectivity index is 1.51. The van der Waals surface area contributed by atoms with Crippen molar-refractivity contribution in [2.45, 2.75) is 6.54 Å². The van der Waals surface area contributed by atoms with Gasteiger partial charge in [-0.25, -0.2) is 0 Å². The zero-order valence-electron chi connectivity index (χ0n) is 13.6. The number of nitrogens with one attached hydrogen (secondary N) is 2. The molecule has 0 aliphatic rings. The van der Waals surface area contributed by atoms with Gasteiger partial charge >= 0.3 is 0 Å². The third kappa shape index (κ3) is 4.57. The molecule has 5 nitrogen and oxygen atoms in total. The second kappa shape index (κ2) is 7.97. The lowest BCUT2D eigenvalue weighted by molar-refractivity contribution is -0.124. The minimum atomic E-state index is -0.318. The molecule has 0 bridgehead atoms. The van der Waals surface area contributed by atoms with E-state index in [0.717, 1.165) is 16.3 Å². The van der Waals surface area contributed by atoms with Gasteiger partial charge in [-0.05, 0) is 34.5 Å². The number of hydrogen-bond acceptors (Lipinski definition) is 3. The molecule has 25 heavy (non-hydrogen) atoms. The number of furan rings is 1. The average Bonchev–Trinajstić information content (AvgIpc) is 3.16. The van der Waals surface area contributed by atoms with Crippen molar-refractivity contribution in [3.8, 4) is 0 Å². The molecule has 0 unspecified atom stereocenters. The van der Waals surface area contributed by atoms with Crippen molar-refractivity contribution in [1.82, 2.24) is 10.6 Å². The lowest BCUT2D eigenvalue weighted by Crippen LogP contribution is -2.35. The minimum absolute atomic E-state index is 0.0839. The van der Waals surface area contributed by atoms with E-state index in [9.17, 15) is 9.59 Å². The van der Waals surface area contributed by atoms with E-state index in [0.29, 0.717) is 12.3 Å². The van der Waals surface area contributed by atoms with Crippen LogP contribution in [0.15, 0.2) is 71.4 Å². The van der Waals surface area contributed by atoms with Gasteiger partial charge in [0.25, 0.3) is 0 Å². The van der Waals surface area contributed by atoms with Crippen molar-refractivity contribution in [2.75, 3.05) is 6.54 Å². The second-order valence-electron chi connectivity index (χ2n) is 5.48. The molecule has 1 aromatic heterocycles. The van der Waals surface area contributed by atoms with E-state index < -0.39 is 0 Å². The summed E-state index contributed by atoms with van der Waals surface area (Å²) in [7, 11) is 0. The molecule has 2 N–H and O–H groups in total. The number of fused-ring (bicyclic) bond motifs is 1. The van der Waals surface area contributed by atoms with E-state index >= 15 is 0 Å². The van der Waals surface area contributed by atoms with Gasteiger partial charge in [-0.3, -0.25) is 9.59 Å². The largest absolute Gasteiger partial charge is 0.467 e. The molecule has 126 valence electrons. The fraction of sp³-hybridized carbons (Fsp3) is 0.100.